The first-order valence-corrected chi connectivity index (χ1v) is 11.5. The number of fused-ring (bicyclic) bond motifs is 2. The van der Waals surface area contributed by atoms with E-state index in [-0.39, 0.29) is 11.1 Å². The molecule has 0 fully saturated rings. The van der Waals surface area contributed by atoms with E-state index in [9.17, 15) is 4.79 Å². The molecule has 0 spiro atoms. The van der Waals surface area contributed by atoms with Crippen molar-refractivity contribution in [3.8, 4) is 17.2 Å². The molecule has 36 heavy (non-hydrogen) atoms. The Balaban J connectivity index is 1.51. The minimum absolute atomic E-state index is 0.133. The third-order valence-corrected chi connectivity index (χ3v) is 6.66. The zero-order valence-corrected chi connectivity index (χ0v) is 19.9. The van der Waals surface area contributed by atoms with E-state index in [4.69, 9.17) is 10.00 Å². The molecule has 0 radical (unpaired) electrons. The molecule has 1 aromatic heterocycles. The Hall–Kier alpha value is -4.38. The van der Waals surface area contributed by atoms with Crippen molar-refractivity contribution >= 4 is 28.4 Å². The predicted octanol–water partition coefficient (Wildman–Crippen LogP) is 6.91. The maximum Gasteiger partial charge on any atom is 0.412 e. The molecule has 0 unspecified atom stereocenters. The molecule has 0 bridgehead atoms. The number of ether oxygens (including phenoxy) is 1. The fourth-order valence-corrected chi connectivity index (χ4v) is 5.10. The van der Waals surface area contributed by atoms with Gasteiger partial charge < -0.3 is 15.0 Å². The zero-order chi connectivity index (χ0) is 25.6. The Bertz CT molecular complexity index is 1540. The summed E-state index contributed by atoms with van der Waals surface area (Å²) in [5, 5.41) is 15.7. The minimum Gasteiger partial charge on any atom is -0.443 e. The molecule has 182 valence electrons. The van der Waals surface area contributed by atoms with Crippen molar-refractivity contribution in [1.82, 2.24) is 4.98 Å². The summed E-state index contributed by atoms with van der Waals surface area (Å²) in [6.07, 6.45) is 0.210. The van der Waals surface area contributed by atoms with Crippen LogP contribution in [0.1, 0.15) is 37.8 Å². The molecule has 1 amide bonds. The number of aromatic nitrogens is 1. The number of halogens is 2. The molecule has 4 aromatic rings. The van der Waals surface area contributed by atoms with Crippen molar-refractivity contribution in [2.75, 3.05) is 10.6 Å². The van der Waals surface area contributed by atoms with Gasteiger partial charge in [-0.3, -0.25) is 5.32 Å². The second-order valence-corrected chi connectivity index (χ2v) is 9.53. The standard InChI is InChI=1S/C28H24F2N4O2/c1-15-22-21(13-20(29)23(24(22)30)19-9-5-7-17-10-11-32-25(17)19)34-28(2,3)26(15)36-27(35)33-18-8-4-6-16(12-18)14-31/h4-13,15,26,32,34H,1-3H3,(H,33,35)/t15-,26+/m1/s1. The summed E-state index contributed by atoms with van der Waals surface area (Å²) in [4.78, 5) is 15.8. The number of nitrogens with zero attached hydrogens (tertiary/aromatic N) is 1. The van der Waals surface area contributed by atoms with Crippen LogP contribution in [0.25, 0.3) is 22.0 Å². The van der Waals surface area contributed by atoms with E-state index in [1.54, 1.807) is 43.5 Å². The molecule has 2 heterocycles. The molecule has 5 rings (SSSR count). The van der Waals surface area contributed by atoms with Crippen LogP contribution in [-0.4, -0.2) is 22.7 Å². The summed E-state index contributed by atoms with van der Waals surface area (Å²) in [6, 6.07) is 16.9. The first kappa shape index (κ1) is 23.4. The predicted molar refractivity (Wildman–Crippen MR) is 135 cm³/mol. The molecular weight excluding hydrogens is 462 g/mol. The normalized spacial score (nSPS) is 18.1. The molecule has 3 N–H and O–H groups in total. The average molecular weight is 487 g/mol. The summed E-state index contributed by atoms with van der Waals surface area (Å²) < 4.78 is 37.2. The SMILES string of the molecule is C[C@@H]1c2c(cc(F)c(-c3cccc4cc[nH]c34)c2F)NC(C)(C)[C@H]1OC(=O)Nc1cccc(C#N)c1. The molecule has 0 saturated carbocycles. The molecule has 8 heteroatoms. The van der Waals surface area contributed by atoms with Crippen LogP contribution >= 0.6 is 0 Å². The third-order valence-electron chi connectivity index (χ3n) is 6.66. The van der Waals surface area contributed by atoms with Crippen molar-refractivity contribution in [3.63, 3.8) is 0 Å². The van der Waals surface area contributed by atoms with Gasteiger partial charge in [0.1, 0.15) is 17.7 Å². The van der Waals surface area contributed by atoms with Crippen molar-refractivity contribution < 1.29 is 18.3 Å². The van der Waals surface area contributed by atoms with Gasteiger partial charge in [0.2, 0.25) is 0 Å². The van der Waals surface area contributed by atoms with Gasteiger partial charge in [0.15, 0.2) is 0 Å². The van der Waals surface area contributed by atoms with Crippen LogP contribution in [0, 0.1) is 23.0 Å². The molecular formula is C28H24F2N4O2. The molecule has 0 aliphatic carbocycles. The Morgan fingerprint density at radius 2 is 1.92 bits per heavy atom. The van der Waals surface area contributed by atoms with E-state index < -0.39 is 35.3 Å². The van der Waals surface area contributed by atoms with Crippen LogP contribution in [0.3, 0.4) is 0 Å². The summed E-state index contributed by atoms with van der Waals surface area (Å²) in [6.45, 7) is 5.38. The van der Waals surface area contributed by atoms with Crippen molar-refractivity contribution in [2.45, 2.75) is 38.3 Å². The number of carbonyl (C=O) groups is 1. The fourth-order valence-electron chi connectivity index (χ4n) is 5.10. The topological polar surface area (TPSA) is 89.9 Å². The van der Waals surface area contributed by atoms with Crippen molar-refractivity contribution in [1.29, 1.82) is 5.26 Å². The number of amides is 1. The maximum atomic E-state index is 16.1. The number of benzene rings is 3. The fraction of sp³-hybridized carbons (Fsp3) is 0.214. The van der Waals surface area contributed by atoms with E-state index in [1.165, 1.54) is 12.1 Å². The number of aromatic amines is 1. The van der Waals surface area contributed by atoms with Gasteiger partial charge in [0.05, 0.1) is 28.3 Å². The van der Waals surface area contributed by atoms with E-state index in [2.05, 4.69) is 15.6 Å². The molecule has 0 saturated heterocycles. The number of nitriles is 1. The zero-order valence-electron chi connectivity index (χ0n) is 19.9. The largest absolute Gasteiger partial charge is 0.443 e. The van der Waals surface area contributed by atoms with Gasteiger partial charge in [-0.15, -0.1) is 0 Å². The van der Waals surface area contributed by atoms with Crippen LogP contribution in [0.5, 0.6) is 0 Å². The van der Waals surface area contributed by atoms with Crippen LogP contribution in [0.4, 0.5) is 25.0 Å². The third kappa shape index (κ3) is 3.93. The Labute approximate surface area is 206 Å². The van der Waals surface area contributed by atoms with Crippen LogP contribution in [0.15, 0.2) is 60.8 Å². The number of anilines is 2. The minimum atomic E-state index is -0.821. The van der Waals surface area contributed by atoms with E-state index in [0.29, 0.717) is 28.0 Å². The van der Waals surface area contributed by atoms with Crippen molar-refractivity contribution in [3.05, 3.63) is 83.6 Å². The van der Waals surface area contributed by atoms with Crippen LogP contribution < -0.4 is 10.6 Å². The smallest absolute Gasteiger partial charge is 0.412 e. The molecule has 1 aliphatic rings. The first-order chi connectivity index (χ1) is 17.2. The number of para-hydroxylation sites is 1. The Morgan fingerprint density at radius 1 is 1.14 bits per heavy atom. The highest BCUT2D eigenvalue weighted by Crippen LogP contribution is 2.46. The van der Waals surface area contributed by atoms with Gasteiger partial charge in [-0.25, -0.2) is 13.6 Å². The Morgan fingerprint density at radius 3 is 2.69 bits per heavy atom. The van der Waals surface area contributed by atoms with Crippen LogP contribution in [-0.2, 0) is 4.74 Å². The second-order valence-electron chi connectivity index (χ2n) is 9.53. The highest BCUT2D eigenvalue weighted by Gasteiger charge is 2.45. The van der Waals surface area contributed by atoms with Gasteiger partial charge in [-0.1, -0.05) is 31.2 Å². The second kappa shape index (κ2) is 8.68. The quantitative estimate of drug-likeness (QED) is 0.294. The van der Waals surface area contributed by atoms with Gasteiger partial charge in [-0.05, 0) is 49.6 Å². The number of H-pyrrole nitrogens is 1. The lowest BCUT2D eigenvalue weighted by molar-refractivity contribution is 0.0561. The Kier molecular flexibility index (Phi) is 5.64. The van der Waals surface area contributed by atoms with E-state index in [1.807, 2.05) is 32.0 Å². The lowest BCUT2D eigenvalue weighted by atomic mass is 9.77. The molecule has 3 aromatic carbocycles. The van der Waals surface area contributed by atoms with E-state index in [0.717, 1.165) is 5.39 Å². The van der Waals surface area contributed by atoms with Gasteiger partial charge in [-0.2, -0.15) is 5.26 Å². The lowest BCUT2D eigenvalue weighted by Crippen LogP contribution is -2.52. The number of hydrogen-bond donors (Lipinski definition) is 3. The highest BCUT2D eigenvalue weighted by molar-refractivity contribution is 5.95. The van der Waals surface area contributed by atoms with Gasteiger partial charge in [0.25, 0.3) is 0 Å². The summed E-state index contributed by atoms with van der Waals surface area (Å²) >= 11 is 0. The highest BCUT2D eigenvalue weighted by atomic mass is 19.1. The monoisotopic (exact) mass is 486 g/mol. The number of nitrogens with one attached hydrogen (secondary N) is 3. The number of rotatable bonds is 3. The van der Waals surface area contributed by atoms with E-state index >= 15 is 8.78 Å². The maximum absolute atomic E-state index is 16.1. The number of carbonyl (C=O) groups excluding carboxylic acids is 1. The summed E-state index contributed by atoms with van der Waals surface area (Å²) in [5.41, 5.74) is 1.47. The van der Waals surface area contributed by atoms with Crippen LogP contribution in [0.2, 0.25) is 0 Å². The first-order valence-electron chi connectivity index (χ1n) is 11.5. The molecule has 1 aliphatic heterocycles. The van der Waals surface area contributed by atoms with Gasteiger partial charge in [0, 0.05) is 34.6 Å². The summed E-state index contributed by atoms with van der Waals surface area (Å²) in [7, 11) is 0. The van der Waals surface area contributed by atoms with Gasteiger partial charge >= 0.3 is 6.09 Å². The number of hydrogen-bond acceptors (Lipinski definition) is 4. The summed E-state index contributed by atoms with van der Waals surface area (Å²) in [5.74, 6) is -1.97. The molecule has 2 atom stereocenters. The van der Waals surface area contributed by atoms with Crippen molar-refractivity contribution in [2.24, 2.45) is 0 Å². The lowest BCUT2D eigenvalue weighted by Gasteiger charge is -2.44. The average Bonchev–Trinajstić information content (AvgIpc) is 3.31. The molecule has 6 nitrogen and oxygen atoms in total.